The van der Waals surface area contributed by atoms with Gasteiger partial charge in [-0.1, -0.05) is 36.6 Å². The first-order valence-corrected chi connectivity index (χ1v) is 8.49. The van der Waals surface area contributed by atoms with E-state index in [9.17, 15) is 4.79 Å². The Morgan fingerprint density at radius 3 is 2.21 bits per heavy atom. The van der Waals surface area contributed by atoms with Crippen molar-refractivity contribution in [3.63, 3.8) is 0 Å². The van der Waals surface area contributed by atoms with E-state index >= 15 is 0 Å². The summed E-state index contributed by atoms with van der Waals surface area (Å²) in [6.45, 7) is 5.38. The fraction of sp³-hybridized carbons (Fsp3) is 0.579. The second kappa shape index (κ2) is 7.24. The number of nitrogens with zero attached hydrogens (tertiary/aromatic N) is 1. The monoisotopic (exact) mass is 332 g/mol. The van der Waals surface area contributed by atoms with Crippen LogP contribution in [0.5, 0.6) is 5.75 Å². The highest BCUT2D eigenvalue weighted by Crippen LogP contribution is 2.40. The van der Waals surface area contributed by atoms with Crippen molar-refractivity contribution in [1.82, 2.24) is 0 Å². The molecule has 5 nitrogen and oxygen atoms in total. The largest absolute Gasteiger partial charge is 0.497 e. The van der Waals surface area contributed by atoms with Crippen molar-refractivity contribution in [3.05, 3.63) is 29.8 Å². The molecule has 0 radical (unpaired) electrons. The SMILES string of the molecule is COc1ccc(C2(/C(N)=N/OC(=O)C(C)(C)C)CCCCC2)cc1. The quantitative estimate of drug-likeness (QED) is 0.394. The van der Waals surface area contributed by atoms with Crippen LogP contribution < -0.4 is 10.5 Å². The van der Waals surface area contributed by atoms with E-state index in [1.54, 1.807) is 27.9 Å². The lowest BCUT2D eigenvalue weighted by Crippen LogP contribution is -2.43. The molecule has 0 aromatic heterocycles. The van der Waals surface area contributed by atoms with Gasteiger partial charge in [0.15, 0.2) is 5.84 Å². The number of benzene rings is 1. The van der Waals surface area contributed by atoms with Crippen LogP contribution in [0.3, 0.4) is 0 Å². The molecule has 0 unspecified atom stereocenters. The maximum absolute atomic E-state index is 12.0. The summed E-state index contributed by atoms with van der Waals surface area (Å²) in [5.41, 5.74) is 6.43. The van der Waals surface area contributed by atoms with Gasteiger partial charge in [0.05, 0.1) is 17.9 Å². The van der Waals surface area contributed by atoms with Gasteiger partial charge in [-0.15, -0.1) is 0 Å². The van der Waals surface area contributed by atoms with Gasteiger partial charge in [0.2, 0.25) is 0 Å². The predicted molar refractivity (Wildman–Crippen MR) is 94.9 cm³/mol. The Morgan fingerprint density at radius 1 is 1.12 bits per heavy atom. The Hall–Kier alpha value is -2.04. The summed E-state index contributed by atoms with van der Waals surface area (Å²) < 4.78 is 5.24. The van der Waals surface area contributed by atoms with Crippen LogP contribution in [-0.4, -0.2) is 18.9 Å². The molecule has 1 aromatic rings. The van der Waals surface area contributed by atoms with Crippen LogP contribution >= 0.6 is 0 Å². The summed E-state index contributed by atoms with van der Waals surface area (Å²) >= 11 is 0. The van der Waals surface area contributed by atoms with Crippen molar-refractivity contribution in [2.24, 2.45) is 16.3 Å². The maximum Gasteiger partial charge on any atom is 0.340 e. The molecule has 1 aromatic carbocycles. The molecule has 0 saturated heterocycles. The number of nitrogens with two attached hydrogens (primary N) is 1. The van der Waals surface area contributed by atoms with E-state index in [2.05, 4.69) is 5.16 Å². The Balaban J connectivity index is 2.31. The summed E-state index contributed by atoms with van der Waals surface area (Å²) in [5, 5.41) is 4.02. The molecule has 0 heterocycles. The number of amidine groups is 1. The van der Waals surface area contributed by atoms with E-state index in [4.69, 9.17) is 15.3 Å². The first-order valence-electron chi connectivity index (χ1n) is 8.49. The maximum atomic E-state index is 12.0. The van der Waals surface area contributed by atoms with Crippen molar-refractivity contribution >= 4 is 11.8 Å². The zero-order valence-corrected chi connectivity index (χ0v) is 15.1. The molecule has 0 atom stereocenters. The first-order chi connectivity index (χ1) is 11.3. The average molecular weight is 332 g/mol. The van der Waals surface area contributed by atoms with E-state index in [0.717, 1.165) is 37.0 Å². The highest BCUT2D eigenvalue weighted by molar-refractivity contribution is 5.92. The number of carbonyl (C=O) groups is 1. The number of methoxy groups -OCH3 is 1. The molecule has 24 heavy (non-hydrogen) atoms. The first kappa shape index (κ1) is 18.3. The smallest absolute Gasteiger partial charge is 0.340 e. The van der Waals surface area contributed by atoms with E-state index in [-0.39, 0.29) is 11.4 Å². The second-order valence-corrected chi connectivity index (χ2v) is 7.48. The molecule has 0 aliphatic heterocycles. The lowest BCUT2D eigenvalue weighted by molar-refractivity contribution is -0.153. The molecule has 1 aliphatic carbocycles. The number of hydrogen-bond donors (Lipinski definition) is 1. The summed E-state index contributed by atoms with van der Waals surface area (Å²) in [6.07, 6.45) is 5.15. The Labute approximate surface area is 144 Å². The molecule has 132 valence electrons. The molecule has 5 heteroatoms. The van der Waals surface area contributed by atoms with E-state index < -0.39 is 5.41 Å². The summed E-state index contributed by atoms with van der Waals surface area (Å²) in [7, 11) is 1.65. The second-order valence-electron chi connectivity index (χ2n) is 7.48. The van der Waals surface area contributed by atoms with E-state index in [1.807, 2.05) is 24.3 Å². The minimum absolute atomic E-state index is 0.372. The van der Waals surface area contributed by atoms with Gasteiger partial charge in [-0.3, -0.25) is 0 Å². The van der Waals surface area contributed by atoms with Crippen molar-refractivity contribution in [3.8, 4) is 5.75 Å². The number of ether oxygens (including phenoxy) is 1. The molecule has 0 bridgehead atoms. The molecular formula is C19H28N2O3. The lowest BCUT2D eigenvalue weighted by Gasteiger charge is -2.36. The summed E-state index contributed by atoms with van der Waals surface area (Å²) in [4.78, 5) is 17.1. The van der Waals surface area contributed by atoms with Crippen molar-refractivity contribution in [2.75, 3.05) is 7.11 Å². The third kappa shape index (κ3) is 3.89. The normalized spacial score (nSPS) is 18.1. The molecule has 2 N–H and O–H groups in total. The van der Waals surface area contributed by atoms with Gasteiger partial charge in [0.25, 0.3) is 0 Å². The number of hydrogen-bond acceptors (Lipinski definition) is 4. The van der Waals surface area contributed by atoms with Gasteiger partial charge in [0.1, 0.15) is 5.75 Å². The zero-order chi connectivity index (χ0) is 17.8. The zero-order valence-electron chi connectivity index (χ0n) is 15.1. The van der Waals surface area contributed by atoms with Gasteiger partial charge >= 0.3 is 5.97 Å². The molecule has 1 aliphatic rings. The highest BCUT2D eigenvalue weighted by Gasteiger charge is 2.39. The van der Waals surface area contributed by atoms with Crippen LogP contribution in [0.1, 0.15) is 58.4 Å². The lowest BCUT2D eigenvalue weighted by atomic mass is 9.68. The summed E-state index contributed by atoms with van der Waals surface area (Å²) in [6, 6.07) is 7.91. The molecule has 0 spiro atoms. The summed E-state index contributed by atoms with van der Waals surface area (Å²) in [5.74, 6) is 0.801. The van der Waals surface area contributed by atoms with Crippen LogP contribution in [0.15, 0.2) is 29.4 Å². The Bertz CT molecular complexity index is 594. The highest BCUT2D eigenvalue weighted by atomic mass is 16.7. The van der Waals surface area contributed by atoms with Crippen molar-refractivity contribution in [2.45, 2.75) is 58.3 Å². The standard InChI is InChI=1S/C19H28N2O3/c1-18(2,3)17(22)24-21-16(20)19(12-6-5-7-13-19)14-8-10-15(23-4)11-9-14/h8-11H,5-7,12-13H2,1-4H3,(H2,20,21). The third-order valence-corrected chi connectivity index (χ3v) is 4.68. The van der Waals surface area contributed by atoms with Gasteiger partial charge in [-0.2, -0.15) is 0 Å². The third-order valence-electron chi connectivity index (χ3n) is 4.68. The molecule has 2 rings (SSSR count). The van der Waals surface area contributed by atoms with Crippen LogP contribution in [0, 0.1) is 5.41 Å². The number of oxime groups is 1. The molecule has 1 saturated carbocycles. The molecule has 1 fully saturated rings. The van der Waals surface area contributed by atoms with Gasteiger partial charge in [0, 0.05) is 0 Å². The van der Waals surface area contributed by atoms with Crippen LogP contribution in [-0.2, 0) is 15.0 Å². The number of carbonyl (C=O) groups excluding carboxylic acids is 1. The van der Waals surface area contributed by atoms with Crippen LogP contribution in [0.4, 0.5) is 0 Å². The average Bonchev–Trinajstić information content (AvgIpc) is 2.59. The van der Waals surface area contributed by atoms with E-state index in [1.165, 1.54) is 6.42 Å². The predicted octanol–water partition coefficient (Wildman–Crippen LogP) is 3.76. The van der Waals surface area contributed by atoms with Gasteiger partial charge in [-0.05, 0) is 51.3 Å². The minimum atomic E-state index is -0.608. The Morgan fingerprint density at radius 2 is 1.71 bits per heavy atom. The van der Waals surface area contributed by atoms with E-state index in [0.29, 0.717) is 5.84 Å². The Kier molecular flexibility index (Phi) is 5.52. The fourth-order valence-corrected chi connectivity index (χ4v) is 3.07. The van der Waals surface area contributed by atoms with Crippen molar-refractivity contribution < 1.29 is 14.4 Å². The molecular weight excluding hydrogens is 304 g/mol. The van der Waals surface area contributed by atoms with Crippen LogP contribution in [0.25, 0.3) is 0 Å². The fourth-order valence-electron chi connectivity index (χ4n) is 3.07. The van der Waals surface area contributed by atoms with Gasteiger partial charge < -0.3 is 15.3 Å². The van der Waals surface area contributed by atoms with Crippen LogP contribution in [0.2, 0.25) is 0 Å². The van der Waals surface area contributed by atoms with Crippen molar-refractivity contribution in [1.29, 1.82) is 0 Å². The topological polar surface area (TPSA) is 73.9 Å². The minimum Gasteiger partial charge on any atom is -0.497 e. The number of rotatable bonds is 4. The molecule has 0 amide bonds. The van der Waals surface area contributed by atoms with Gasteiger partial charge in [-0.25, -0.2) is 4.79 Å².